The van der Waals surface area contributed by atoms with Gasteiger partial charge in [-0.1, -0.05) is 6.07 Å². The van der Waals surface area contributed by atoms with E-state index >= 15 is 0 Å². The number of aromatic nitrogens is 2. The van der Waals surface area contributed by atoms with Crippen LogP contribution < -0.4 is 0 Å². The van der Waals surface area contributed by atoms with Crippen LogP contribution in [-0.2, 0) is 17.3 Å². The minimum absolute atomic E-state index is 0.0494. The minimum Gasteiger partial charge on any atom is -0.508 e. The fraction of sp³-hybridized carbons (Fsp3) is 0.412. The van der Waals surface area contributed by atoms with Gasteiger partial charge in [0.2, 0.25) is 0 Å². The first-order valence-electron chi connectivity index (χ1n) is 7.94. The maximum absolute atomic E-state index is 14.0. The highest BCUT2D eigenvalue weighted by atomic mass is 19.4. The van der Waals surface area contributed by atoms with Gasteiger partial charge in [-0.25, -0.2) is 4.39 Å². The number of aromatic hydroxyl groups is 1. The van der Waals surface area contributed by atoms with Crippen molar-refractivity contribution in [3.05, 3.63) is 47.0 Å². The number of ether oxygens (including phenoxy) is 1. The van der Waals surface area contributed by atoms with Crippen LogP contribution in [0.2, 0.25) is 0 Å². The highest BCUT2D eigenvalue weighted by Crippen LogP contribution is 2.29. The summed E-state index contributed by atoms with van der Waals surface area (Å²) >= 11 is 0. The van der Waals surface area contributed by atoms with E-state index in [2.05, 4.69) is 5.10 Å². The Hall–Kier alpha value is -2.42. The van der Waals surface area contributed by atoms with Crippen molar-refractivity contribution in [3.8, 4) is 5.75 Å². The topological polar surface area (TPSA) is 75.2 Å². The van der Waals surface area contributed by atoms with Crippen LogP contribution in [0.15, 0.2) is 24.3 Å². The van der Waals surface area contributed by atoms with Crippen LogP contribution >= 0.6 is 0 Å². The number of H-pyrrole nitrogens is 1. The van der Waals surface area contributed by atoms with Crippen molar-refractivity contribution in [1.29, 1.82) is 0 Å². The fourth-order valence-electron chi connectivity index (χ4n) is 2.47. The molecule has 142 valence electrons. The van der Waals surface area contributed by atoms with Crippen molar-refractivity contribution in [2.24, 2.45) is 5.92 Å². The van der Waals surface area contributed by atoms with Gasteiger partial charge in [0.15, 0.2) is 5.78 Å². The molecule has 26 heavy (non-hydrogen) atoms. The first-order chi connectivity index (χ1) is 12.2. The van der Waals surface area contributed by atoms with E-state index in [1.165, 1.54) is 12.1 Å². The van der Waals surface area contributed by atoms with Gasteiger partial charge in [0.1, 0.15) is 23.0 Å². The predicted octanol–water partition coefficient (Wildman–Crippen LogP) is 3.74. The van der Waals surface area contributed by atoms with Gasteiger partial charge in [0.05, 0.1) is 0 Å². The second kappa shape index (κ2) is 8.31. The van der Waals surface area contributed by atoms with Gasteiger partial charge in [-0.2, -0.15) is 18.3 Å². The average Bonchev–Trinajstić information content (AvgIpc) is 3.06. The third-order valence-electron chi connectivity index (χ3n) is 3.82. The Kier molecular flexibility index (Phi) is 6.36. The van der Waals surface area contributed by atoms with Gasteiger partial charge >= 0.3 is 6.18 Å². The lowest BCUT2D eigenvalue weighted by Gasteiger charge is -2.15. The summed E-state index contributed by atoms with van der Waals surface area (Å²) in [6, 6.07) is 4.16. The van der Waals surface area contributed by atoms with Gasteiger partial charge in [-0.15, -0.1) is 0 Å². The van der Waals surface area contributed by atoms with Crippen LogP contribution in [0, 0.1) is 11.7 Å². The number of Topliss-reactive ketones (excluding diaryl/α,β-unsaturated/α-hetero) is 1. The molecule has 0 radical (unpaired) electrons. The molecule has 0 aliphatic carbocycles. The number of benzene rings is 1. The number of nitrogens with zero attached hydrogens (tertiary/aromatic N) is 1. The van der Waals surface area contributed by atoms with E-state index in [4.69, 9.17) is 4.74 Å². The van der Waals surface area contributed by atoms with Crippen molar-refractivity contribution in [2.45, 2.75) is 25.9 Å². The summed E-state index contributed by atoms with van der Waals surface area (Å²) in [6.07, 6.45) is -4.50. The summed E-state index contributed by atoms with van der Waals surface area (Å²) in [6.45, 7) is 2.37. The number of phenolic OH excluding ortho intramolecular Hbond substituents is 1. The third-order valence-corrected chi connectivity index (χ3v) is 3.82. The zero-order valence-corrected chi connectivity index (χ0v) is 13.9. The second-order valence-electron chi connectivity index (χ2n) is 5.69. The molecule has 0 aliphatic rings. The van der Waals surface area contributed by atoms with Crippen molar-refractivity contribution >= 4 is 5.78 Å². The summed E-state index contributed by atoms with van der Waals surface area (Å²) in [5.41, 5.74) is -1.32. The maximum atomic E-state index is 14.0. The highest BCUT2D eigenvalue weighted by molar-refractivity contribution is 5.96. The van der Waals surface area contributed by atoms with E-state index in [-0.39, 0.29) is 36.5 Å². The Morgan fingerprint density at radius 3 is 2.65 bits per heavy atom. The number of hydrogen-bond acceptors (Lipinski definition) is 4. The Balaban J connectivity index is 2.22. The van der Waals surface area contributed by atoms with Crippen LogP contribution in [0.1, 0.15) is 35.1 Å². The molecule has 5 nitrogen and oxygen atoms in total. The number of phenols is 1. The smallest absolute Gasteiger partial charge is 0.432 e. The Morgan fingerprint density at radius 1 is 1.35 bits per heavy atom. The second-order valence-corrected chi connectivity index (χ2v) is 5.69. The zero-order chi connectivity index (χ0) is 19.3. The molecular weight excluding hydrogens is 356 g/mol. The van der Waals surface area contributed by atoms with Crippen molar-refractivity contribution < 1.29 is 32.2 Å². The fourth-order valence-corrected chi connectivity index (χ4v) is 2.47. The highest BCUT2D eigenvalue weighted by Gasteiger charge is 2.34. The number of halogens is 4. The average molecular weight is 374 g/mol. The Bertz CT molecular complexity index is 759. The molecule has 0 fully saturated rings. The molecule has 1 aromatic carbocycles. The van der Waals surface area contributed by atoms with E-state index in [9.17, 15) is 27.5 Å². The molecule has 2 rings (SSSR count). The van der Waals surface area contributed by atoms with E-state index in [0.717, 1.165) is 6.07 Å². The van der Waals surface area contributed by atoms with E-state index in [1.807, 2.05) is 0 Å². The van der Waals surface area contributed by atoms with Crippen LogP contribution in [0.25, 0.3) is 0 Å². The SMILES string of the molecule is CCOCCC(Cc1ccc(O)cc1F)C(=O)c1cc(C(F)(F)F)[nH]n1. The molecule has 1 unspecified atom stereocenters. The van der Waals surface area contributed by atoms with Crippen molar-refractivity contribution in [1.82, 2.24) is 10.2 Å². The predicted molar refractivity (Wildman–Crippen MR) is 84.3 cm³/mol. The van der Waals surface area contributed by atoms with E-state index in [1.54, 1.807) is 12.0 Å². The van der Waals surface area contributed by atoms with Gasteiger partial charge in [-0.05, 0) is 37.5 Å². The van der Waals surface area contributed by atoms with Crippen molar-refractivity contribution in [3.63, 3.8) is 0 Å². The van der Waals surface area contributed by atoms with Crippen LogP contribution in [0.3, 0.4) is 0 Å². The molecule has 1 heterocycles. The molecule has 1 atom stereocenters. The molecule has 1 aromatic heterocycles. The van der Waals surface area contributed by atoms with E-state index < -0.39 is 29.4 Å². The molecule has 0 saturated heterocycles. The number of carbonyl (C=O) groups excluding carboxylic acids is 1. The lowest BCUT2D eigenvalue weighted by Crippen LogP contribution is -2.20. The van der Waals surface area contributed by atoms with Gasteiger partial charge < -0.3 is 9.84 Å². The summed E-state index contributed by atoms with van der Waals surface area (Å²) in [5.74, 6) is -2.41. The summed E-state index contributed by atoms with van der Waals surface area (Å²) < 4.78 is 57.2. The van der Waals surface area contributed by atoms with Gasteiger partial charge in [0, 0.05) is 25.2 Å². The quantitative estimate of drug-likeness (QED) is 0.419. The molecule has 0 aliphatic heterocycles. The normalized spacial score (nSPS) is 13.0. The monoisotopic (exact) mass is 374 g/mol. The lowest BCUT2D eigenvalue weighted by atomic mass is 9.90. The summed E-state index contributed by atoms with van der Waals surface area (Å²) in [5, 5.41) is 14.5. The minimum atomic E-state index is -4.64. The largest absolute Gasteiger partial charge is 0.508 e. The van der Waals surface area contributed by atoms with E-state index in [0.29, 0.717) is 12.7 Å². The first kappa shape index (κ1) is 19.9. The number of hydrogen-bond donors (Lipinski definition) is 2. The Morgan fingerprint density at radius 2 is 2.08 bits per heavy atom. The molecule has 0 bridgehead atoms. The van der Waals surface area contributed by atoms with Crippen LogP contribution in [0.4, 0.5) is 17.6 Å². The number of aromatic amines is 1. The van der Waals surface area contributed by atoms with Crippen LogP contribution in [-0.4, -0.2) is 34.3 Å². The summed E-state index contributed by atoms with van der Waals surface area (Å²) in [4.78, 5) is 12.6. The molecule has 0 amide bonds. The zero-order valence-electron chi connectivity index (χ0n) is 13.9. The number of ketones is 1. The van der Waals surface area contributed by atoms with Gasteiger partial charge in [-0.3, -0.25) is 9.89 Å². The Labute approximate surface area is 147 Å². The van der Waals surface area contributed by atoms with Crippen molar-refractivity contribution in [2.75, 3.05) is 13.2 Å². The summed E-state index contributed by atoms with van der Waals surface area (Å²) in [7, 11) is 0. The lowest BCUT2D eigenvalue weighted by molar-refractivity contribution is -0.141. The molecule has 2 aromatic rings. The van der Waals surface area contributed by atoms with Gasteiger partial charge in [0.25, 0.3) is 0 Å². The number of carbonyl (C=O) groups is 1. The molecule has 0 spiro atoms. The van der Waals surface area contributed by atoms with Crippen LogP contribution in [0.5, 0.6) is 5.75 Å². The number of rotatable bonds is 8. The standard InChI is InChI=1S/C17H18F4N2O3/c1-2-26-6-5-11(7-10-3-4-12(24)8-13(10)18)16(25)14-9-15(23-22-14)17(19,20)21/h3-4,8-9,11,24H,2,5-7H2,1H3,(H,22,23). The molecule has 2 N–H and O–H groups in total. The molecule has 0 saturated carbocycles. The number of alkyl halides is 3. The first-order valence-corrected chi connectivity index (χ1v) is 7.94. The maximum Gasteiger partial charge on any atom is 0.432 e. The number of nitrogens with one attached hydrogen (secondary N) is 1. The molecular formula is C17H18F4N2O3. The molecule has 9 heteroatoms. The third kappa shape index (κ3) is 5.04.